The third-order valence-electron chi connectivity index (χ3n) is 8.71. The van der Waals surface area contributed by atoms with Crippen LogP contribution in [0, 0.1) is 5.92 Å². The first-order valence-electron chi connectivity index (χ1n) is 14.8. The number of aliphatic hydroxyl groups excluding tert-OH is 1. The van der Waals surface area contributed by atoms with Crippen LogP contribution in [0.2, 0.25) is 23.2 Å². The minimum atomic E-state index is -2.81. The third-order valence-corrected chi connectivity index (χ3v) is 18.2. The molecule has 2 aromatic carbocycles. The average Bonchev–Trinajstić information content (AvgIpc) is 3.26. The topological polar surface area (TPSA) is 74.2 Å². The summed E-state index contributed by atoms with van der Waals surface area (Å²) in [6.07, 6.45) is -2.92. The van der Waals surface area contributed by atoms with Crippen LogP contribution in [0.4, 0.5) is 0 Å². The fourth-order valence-electron chi connectivity index (χ4n) is 5.22. The molecule has 0 saturated carbocycles. The van der Waals surface area contributed by atoms with Gasteiger partial charge in [-0.3, -0.25) is 4.79 Å². The summed E-state index contributed by atoms with van der Waals surface area (Å²) in [6, 6.07) is 20.9. The van der Waals surface area contributed by atoms with Gasteiger partial charge in [0, 0.05) is 12.5 Å². The van der Waals surface area contributed by atoms with E-state index in [0.29, 0.717) is 0 Å². The molecule has 1 fully saturated rings. The standard InChI is InChI=1S/C33H52O6Si2/c1-24(22-37-41(32(5,6)7,25-18-14-12-15-19-25)26-20-16-13-17-21-26)28(34)30(39-40(10,11)31(2,3)4)29(35)27-23-36-33(8,9)38-27/h12-21,24,27-28,30,34H,22-23H2,1-11H3/t24-,27-,28-,30+/m0/s1. The van der Waals surface area contributed by atoms with E-state index < -0.39 is 40.7 Å². The highest BCUT2D eigenvalue weighted by molar-refractivity contribution is 6.99. The molecule has 8 heteroatoms. The van der Waals surface area contributed by atoms with E-state index in [1.165, 1.54) is 10.4 Å². The van der Waals surface area contributed by atoms with Gasteiger partial charge in [-0.1, -0.05) is 109 Å². The molecule has 1 saturated heterocycles. The Bertz CT molecular complexity index is 1100. The van der Waals surface area contributed by atoms with Crippen molar-refractivity contribution in [2.45, 2.75) is 110 Å². The minimum Gasteiger partial charge on any atom is -0.407 e. The Morgan fingerprint density at radius 2 is 1.44 bits per heavy atom. The Morgan fingerprint density at radius 1 is 0.951 bits per heavy atom. The maximum atomic E-state index is 13.9. The maximum Gasteiger partial charge on any atom is 0.261 e. The molecule has 3 rings (SSSR count). The van der Waals surface area contributed by atoms with Crippen LogP contribution in [-0.4, -0.2) is 64.8 Å². The molecule has 0 spiro atoms. The van der Waals surface area contributed by atoms with Crippen LogP contribution in [0.1, 0.15) is 62.3 Å². The molecule has 1 heterocycles. The number of hydrogen-bond acceptors (Lipinski definition) is 6. The number of ether oxygens (including phenoxy) is 2. The highest BCUT2D eigenvalue weighted by atomic mass is 28.4. The minimum absolute atomic E-state index is 0.142. The lowest BCUT2D eigenvalue weighted by Crippen LogP contribution is -2.67. The predicted octanol–water partition coefficient (Wildman–Crippen LogP) is 5.67. The lowest BCUT2D eigenvalue weighted by Gasteiger charge is -2.44. The largest absolute Gasteiger partial charge is 0.407 e. The van der Waals surface area contributed by atoms with Crippen molar-refractivity contribution in [3.8, 4) is 0 Å². The third kappa shape index (κ3) is 7.47. The van der Waals surface area contributed by atoms with Crippen molar-refractivity contribution in [2.75, 3.05) is 13.2 Å². The second-order valence-electron chi connectivity index (χ2n) is 14.5. The number of carbonyl (C=O) groups excluding carboxylic acids is 1. The monoisotopic (exact) mass is 600 g/mol. The summed E-state index contributed by atoms with van der Waals surface area (Å²) in [7, 11) is -5.24. The van der Waals surface area contributed by atoms with Crippen LogP contribution in [0.3, 0.4) is 0 Å². The van der Waals surface area contributed by atoms with Crippen molar-refractivity contribution in [3.63, 3.8) is 0 Å². The van der Waals surface area contributed by atoms with Crippen molar-refractivity contribution < 1.29 is 28.2 Å². The number of benzene rings is 2. The van der Waals surface area contributed by atoms with Gasteiger partial charge in [0.1, 0.15) is 12.2 Å². The summed E-state index contributed by atoms with van der Waals surface area (Å²) in [5, 5.41) is 13.8. The molecule has 41 heavy (non-hydrogen) atoms. The molecule has 1 N–H and O–H groups in total. The number of carbonyl (C=O) groups is 1. The van der Waals surface area contributed by atoms with Crippen LogP contribution in [0.5, 0.6) is 0 Å². The van der Waals surface area contributed by atoms with Gasteiger partial charge in [-0.15, -0.1) is 0 Å². The smallest absolute Gasteiger partial charge is 0.261 e. The zero-order valence-corrected chi connectivity index (χ0v) is 29.0. The Morgan fingerprint density at radius 3 is 1.83 bits per heavy atom. The molecule has 0 aliphatic carbocycles. The molecule has 4 atom stereocenters. The van der Waals surface area contributed by atoms with Crippen molar-refractivity contribution in [1.82, 2.24) is 0 Å². The zero-order valence-electron chi connectivity index (χ0n) is 27.0. The molecule has 0 radical (unpaired) electrons. The van der Waals surface area contributed by atoms with Crippen molar-refractivity contribution in [1.29, 1.82) is 0 Å². The number of ketones is 1. The van der Waals surface area contributed by atoms with E-state index in [0.717, 1.165) is 0 Å². The van der Waals surface area contributed by atoms with Crippen LogP contribution >= 0.6 is 0 Å². The predicted molar refractivity (Wildman–Crippen MR) is 171 cm³/mol. The lowest BCUT2D eigenvalue weighted by molar-refractivity contribution is -0.161. The van der Waals surface area contributed by atoms with Crippen LogP contribution in [0.25, 0.3) is 0 Å². The van der Waals surface area contributed by atoms with Gasteiger partial charge in [0.25, 0.3) is 8.32 Å². The number of Topliss-reactive ketones (excluding diaryl/α,β-unsaturated/α-hetero) is 1. The molecule has 0 unspecified atom stereocenters. The van der Waals surface area contributed by atoms with E-state index in [9.17, 15) is 9.90 Å². The molecular weight excluding hydrogens is 549 g/mol. The second-order valence-corrected chi connectivity index (χ2v) is 23.5. The molecule has 0 bridgehead atoms. The molecule has 1 aliphatic rings. The molecule has 6 nitrogen and oxygen atoms in total. The fourth-order valence-corrected chi connectivity index (χ4v) is 11.1. The Balaban J connectivity index is 1.96. The molecule has 0 aromatic heterocycles. The molecular formula is C33H52O6Si2. The van der Waals surface area contributed by atoms with Crippen molar-refractivity contribution >= 4 is 32.8 Å². The van der Waals surface area contributed by atoms with E-state index in [1.54, 1.807) is 13.8 Å². The van der Waals surface area contributed by atoms with E-state index in [1.807, 2.05) is 19.1 Å². The Hall–Kier alpha value is -1.66. The van der Waals surface area contributed by atoms with Gasteiger partial charge in [-0.05, 0) is 47.4 Å². The fraction of sp³-hybridized carbons (Fsp3) is 0.606. The highest BCUT2D eigenvalue weighted by Gasteiger charge is 2.52. The highest BCUT2D eigenvalue weighted by Crippen LogP contribution is 2.40. The zero-order chi connectivity index (χ0) is 30.9. The van der Waals surface area contributed by atoms with Crippen LogP contribution < -0.4 is 10.4 Å². The summed E-state index contributed by atoms with van der Waals surface area (Å²) < 4.78 is 25.4. The van der Waals surface area contributed by atoms with Gasteiger partial charge >= 0.3 is 0 Å². The van der Waals surface area contributed by atoms with E-state index in [-0.39, 0.29) is 35.0 Å². The summed E-state index contributed by atoms with van der Waals surface area (Å²) >= 11 is 0. The first kappa shape index (κ1) is 33.8. The van der Waals surface area contributed by atoms with E-state index in [2.05, 4.69) is 103 Å². The maximum absolute atomic E-state index is 13.9. The van der Waals surface area contributed by atoms with Crippen molar-refractivity contribution in [2.24, 2.45) is 5.92 Å². The lowest BCUT2D eigenvalue weighted by atomic mass is 9.96. The number of rotatable bonds is 11. The second kappa shape index (κ2) is 12.5. The molecule has 0 amide bonds. The van der Waals surface area contributed by atoms with Gasteiger partial charge in [0.2, 0.25) is 0 Å². The summed E-state index contributed by atoms with van der Waals surface area (Å²) in [5.41, 5.74) is 0. The van der Waals surface area contributed by atoms with Gasteiger partial charge in [0.15, 0.2) is 19.9 Å². The van der Waals surface area contributed by atoms with Crippen LogP contribution in [0.15, 0.2) is 60.7 Å². The van der Waals surface area contributed by atoms with Gasteiger partial charge in [-0.2, -0.15) is 0 Å². The summed E-state index contributed by atoms with van der Waals surface area (Å²) in [5.74, 6) is -1.51. The van der Waals surface area contributed by atoms with Gasteiger partial charge in [0.05, 0.1) is 12.7 Å². The first-order valence-corrected chi connectivity index (χ1v) is 19.6. The SMILES string of the molecule is C[C@@H](CO[Si](c1ccccc1)(c1ccccc1)C(C)(C)C)[C@H](O)[C@@H](O[Si](C)(C)C(C)(C)C)C(=O)[C@@H]1COC(C)(C)O1. The van der Waals surface area contributed by atoms with E-state index >= 15 is 0 Å². The van der Waals surface area contributed by atoms with Gasteiger partial charge in [-0.25, -0.2) is 0 Å². The molecule has 1 aliphatic heterocycles. The molecule has 2 aromatic rings. The normalized spacial score (nSPS) is 20.4. The quantitative estimate of drug-likeness (QED) is 0.335. The Labute approximate surface area is 250 Å². The van der Waals surface area contributed by atoms with Crippen molar-refractivity contribution in [3.05, 3.63) is 60.7 Å². The van der Waals surface area contributed by atoms with Gasteiger partial charge < -0.3 is 23.4 Å². The van der Waals surface area contributed by atoms with E-state index in [4.69, 9.17) is 18.3 Å². The summed E-state index contributed by atoms with van der Waals surface area (Å²) in [4.78, 5) is 13.9. The number of aliphatic hydroxyl groups is 1. The molecule has 228 valence electrons. The number of hydrogen-bond donors (Lipinski definition) is 1. The first-order chi connectivity index (χ1) is 18.8. The summed E-state index contributed by atoms with van der Waals surface area (Å²) in [6.45, 7) is 23.2. The Kier molecular flexibility index (Phi) is 10.3. The average molecular weight is 601 g/mol. The van der Waals surface area contributed by atoms with Crippen LogP contribution in [-0.2, 0) is 23.1 Å².